The van der Waals surface area contributed by atoms with Gasteiger partial charge in [0.25, 0.3) is 5.22 Å². The summed E-state index contributed by atoms with van der Waals surface area (Å²) in [5.74, 6) is 1.02. The van der Waals surface area contributed by atoms with E-state index in [1.54, 1.807) is 19.1 Å². The molecule has 2 aromatic heterocycles. The summed E-state index contributed by atoms with van der Waals surface area (Å²) in [5, 5.41) is 19.2. The second-order valence-electron chi connectivity index (χ2n) is 6.15. The Hall–Kier alpha value is -3.06. The molecule has 6 nitrogen and oxygen atoms in total. The van der Waals surface area contributed by atoms with Crippen molar-refractivity contribution in [3.05, 3.63) is 69.6 Å². The molecule has 1 N–H and O–H groups in total. The third-order valence-electron chi connectivity index (χ3n) is 4.35. The van der Waals surface area contributed by atoms with Crippen LogP contribution < -0.4 is 5.63 Å². The van der Waals surface area contributed by atoms with Crippen LogP contribution in [0.3, 0.4) is 0 Å². The Kier molecular flexibility index (Phi) is 4.45. The highest BCUT2D eigenvalue weighted by Crippen LogP contribution is 2.31. The number of rotatable bonds is 4. The lowest BCUT2D eigenvalue weighted by Gasteiger charge is -2.07. The average Bonchev–Trinajstić information content (AvgIpc) is 3.12. The van der Waals surface area contributed by atoms with E-state index in [-0.39, 0.29) is 5.75 Å². The fourth-order valence-electron chi connectivity index (χ4n) is 2.86. The fraction of sp³-hybridized carbons (Fsp3) is 0.150. The van der Waals surface area contributed by atoms with E-state index in [9.17, 15) is 9.90 Å². The first-order chi connectivity index (χ1) is 13.0. The quantitative estimate of drug-likeness (QED) is 0.413. The summed E-state index contributed by atoms with van der Waals surface area (Å²) in [5.41, 5.74) is 3.21. The first kappa shape index (κ1) is 17.4. The van der Waals surface area contributed by atoms with Crippen LogP contribution in [0.1, 0.15) is 16.7 Å². The van der Waals surface area contributed by atoms with E-state index < -0.39 is 5.63 Å². The molecular weight excluding hydrogens is 364 g/mol. The van der Waals surface area contributed by atoms with Gasteiger partial charge in [-0.1, -0.05) is 30.0 Å². The number of fused-ring (bicyclic) bond motifs is 1. The average molecular weight is 380 g/mol. The number of hydrogen-bond acceptors (Lipinski definition) is 7. The van der Waals surface area contributed by atoms with E-state index in [0.29, 0.717) is 28.0 Å². The van der Waals surface area contributed by atoms with E-state index in [0.717, 1.165) is 22.1 Å². The lowest BCUT2D eigenvalue weighted by atomic mass is 10.1. The minimum atomic E-state index is -0.460. The molecule has 0 fully saturated rings. The van der Waals surface area contributed by atoms with Gasteiger partial charge >= 0.3 is 5.63 Å². The molecule has 2 aromatic carbocycles. The van der Waals surface area contributed by atoms with Crippen LogP contribution in [0.4, 0.5) is 0 Å². The van der Waals surface area contributed by atoms with E-state index in [2.05, 4.69) is 10.2 Å². The molecule has 0 saturated heterocycles. The molecular formula is C20H16N2O4S. The van der Waals surface area contributed by atoms with Gasteiger partial charge in [-0.15, -0.1) is 10.2 Å². The number of benzene rings is 2. The molecule has 2 heterocycles. The van der Waals surface area contributed by atoms with Gasteiger partial charge < -0.3 is 13.9 Å². The van der Waals surface area contributed by atoms with Crippen LogP contribution in [-0.4, -0.2) is 15.3 Å². The molecule has 0 unspecified atom stereocenters. The summed E-state index contributed by atoms with van der Waals surface area (Å²) >= 11 is 1.35. The van der Waals surface area contributed by atoms with Gasteiger partial charge in [0.15, 0.2) is 0 Å². The Morgan fingerprint density at radius 2 is 1.89 bits per heavy atom. The SMILES string of the molecule is Cc1ccccc1-c1nnc(SCc2cc(=O)oc3c(C)c(O)ccc23)o1. The van der Waals surface area contributed by atoms with Crippen molar-refractivity contribution >= 4 is 22.7 Å². The topological polar surface area (TPSA) is 89.4 Å². The molecule has 0 amide bonds. The van der Waals surface area contributed by atoms with Gasteiger partial charge in [0.2, 0.25) is 5.89 Å². The molecule has 0 aliphatic carbocycles. The molecule has 0 saturated carbocycles. The third-order valence-corrected chi connectivity index (χ3v) is 5.22. The zero-order valence-electron chi connectivity index (χ0n) is 14.7. The molecule has 136 valence electrons. The van der Waals surface area contributed by atoms with Gasteiger partial charge in [0.05, 0.1) is 0 Å². The predicted octanol–water partition coefficient (Wildman–Crippen LogP) is 4.46. The molecule has 4 rings (SSSR count). The fourth-order valence-corrected chi connectivity index (χ4v) is 3.62. The molecule has 0 radical (unpaired) electrons. The van der Waals surface area contributed by atoms with Gasteiger partial charge in [-0.25, -0.2) is 4.79 Å². The number of phenolic OH excluding ortho intramolecular Hbond substituents is 1. The summed E-state index contributed by atoms with van der Waals surface area (Å²) in [6.07, 6.45) is 0. The van der Waals surface area contributed by atoms with Crippen molar-refractivity contribution in [1.29, 1.82) is 0 Å². The molecule has 0 aliphatic heterocycles. The second-order valence-corrected chi connectivity index (χ2v) is 7.08. The van der Waals surface area contributed by atoms with E-state index in [4.69, 9.17) is 8.83 Å². The van der Waals surface area contributed by atoms with Gasteiger partial charge in [-0.3, -0.25) is 0 Å². The van der Waals surface area contributed by atoms with Gasteiger partial charge in [-0.2, -0.15) is 0 Å². The molecule has 0 aliphatic rings. The molecule has 0 spiro atoms. The summed E-state index contributed by atoms with van der Waals surface area (Å²) in [6, 6.07) is 12.6. The highest BCUT2D eigenvalue weighted by Gasteiger charge is 2.14. The van der Waals surface area contributed by atoms with Crippen molar-refractivity contribution in [2.24, 2.45) is 0 Å². The van der Waals surface area contributed by atoms with Crippen LogP contribution in [-0.2, 0) is 5.75 Å². The van der Waals surface area contributed by atoms with Crippen molar-refractivity contribution in [2.45, 2.75) is 24.8 Å². The normalized spacial score (nSPS) is 11.2. The molecule has 0 atom stereocenters. The Morgan fingerprint density at radius 3 is 2.70 bits per heavy atom. The number of aryl methyl sites for hydroxylation is 2. The molecule has 7 heteroatoms. The number of aromatic hydroxyl groups is 1. The van der Waals surface area contributed by atoms with Crippen molar-refractivity contribution in [3.63, 3.8) is 0 Å². The van der Waals surface area contributed by atoms with Gasteiger partial charge in [0, 0.05) is 28.3 Å². The summed E-state index contributed by atoms with van der Waals surface area (Å²) in [6.45, 7) is 3.70. The zero-order chi connectivity index (χ0) is 19.0. The smallest absolute Gasteiger partial charge is 0.336 e. The Balaban J connectivity index is 1.62. The lowest BCUT2D eigenvalue weighted by Crippen LogP contribution is -2.01. The minimum Gasteiger partial charge on any atom is -0.508 e. The predicted molar refractivity (Wildman–Crippen MR) is 103 cm³/mol. The summed E-state index contributed by atoms with van der Waals surface area (Å²) in [4.78, 5) is 11.9. The maximum atomic E-state index is 11.9. The standard InChI is InChI=1S/C20H16N2O4S/c1-11-5-3-4-6-14(11)19-21-22-20(26-19)27-10-13-9-17(24)25-18-12(2)16(23)8-7-15(13)18/h3-9,23H,10H2,1-2H3. The summed E-state index contributed by atoms with van der Waals surface area (Å²) < 4.78 is 11.0. The van der Waals surface area contributed by atoms with Crippen molar-refractivity contribution in [1.82, 2.24) is 10.2 Å². The van der Waals surface area contributed by atoms with E-state index >= 15 is 0 Å². The Morgan fingerprint density at radius 1 is 1.07 bits per heavy atom. The number of phenols is 1. The van der Waals surface area contributed by atoms with Gasteiger partial charge in [0.1, 0.15) is 11.3 Å². The van der Waals surface area contributed by atoms with E-state index in [1.807, 2.05) is 31.2 Å². The number of thioether (sulfide) groups is 1. The highest BCUT2D eigenvalue weighted by molar-refractivity contribution is 7.98. The largest absolute Gasteiger partial charge is 0.508 e. The van der Waals surface area contributed by atoms with Crippen LogP contribution in [0.15, 0.2) is 61.3 Å². The van der Waals surface area contributed by atoms with Crippen LogP contribution in [0, 0.1) is 13.8 Å². The van der Waals surface area contributed by atoms with Crippen LogP contribution in [0.5, 0.6) is 5.75 Å². The molecule has 0 bridgehead atoms. The zero-order valence-corrected chi connectivity index (χ0v) is 15.5. The van der Waals surface area contributed by atoms with E-state index in [1.165, 1.54) is 17.8 Å². The Labute approximate surface area is 158 Å². The maximum absolute atomic E-state index is 11.9. The number of nitrogens with zero attached hydrogens (tertiary/aromatic N) is 2. The van der Waals surface area contributed by atoms with Crippen molar-refractivity contribution in [2.75, 3.05) is 0 Å². The minimum absolute atomic E-state index is 0.0928. The van der Waals surface area contributed by atoms with Crippen LogP contribution in [0.25, 0.3) is 22.4 Å². The van der Waals surface area contributed by atoms with Crippen molar-refractivity contribution in [3.8, 4) is 17.2 Å². The summed E-state index contributed by atoms with van der Waals surface area (Å²) in [7, 11) is 0. The second kappa shape index (κ2) is 6.92. The lowest BCUT2D eigenvalue weighted by molar-refractivity contribution is 0.465. The number of aromatic nitrogens is 2. The van der Waals surface area contributed by atoms with Crippen LogP contribution >= 0.6 is 11.8 Å². The van der Waals surface area contributed by atoms with Gasteiger partial charge in [-0.05, 0) is 43.2 Å². The Bertz CT molecular complexity index is 1200. The molecule has 4 aromatic rings. The number of hydrogen-bond donors (Lipinski definition) is 1. The third kappa shape index (κ3) is 3.33. The van der Waals surface area contributed by atoms with Crippen LogP contribution in [0.2, 0.25) is 0 Å². The van der Waals surface area contributed by atoms with Crippen molar-refractivity contribution < 1.29 is 13.9 Å². The first-order valence-corrected chi connectivity index (χ1v) is 9.29. The highest BCUT2D eigenvalue weighted by atomic mass is 32.2. The maximum Gasteiger partial charge on any atom is 0.336 e. The molecule has 27 heavy (non-hydrogen) atoms. The monoisotopic (exact) mass is 380 g/mol. The first-order valence-electron chi connectivity index (χ1n) is 8.30.